The number of benzene rings is 1. The first-order valence-corrected chi connectivity index (χ1v) is 11.5. The third kappa shape index (κ3) is 3.97. The monoisotopic (exact) mass is 400 g/mol. The third-order valence-electron chi connectivity index (χ3n) is 5.81. The Balaban J connectivity index is 1.73. The summed E-state index contributed by atoms with van der Waals surface area (Å²) in [5, 5.41) is 4.75. The van der Waals surface area contributed by atoms with Crippen molar-refractivity contribution in [2.45, 2.75) is 37.2 Å². The van der Waals surface area contributed by atoms with Gasteiger partial charge in [-0.15, -0.1) is 0 Å². The van der Waals surface area contributed by atoms with E-state index in [-0.39, 0.29) is 11.6 Å². The van der Waals surface area contributed by atoms with Crippen molar-refractivity contribution in [3.8, 4) is 11.3 Å². The molecule has 4 rings (SSSR count). The van der Waals surface area contributed by atoms with Crippen LogP contribution in [0.3, 0.4) is 0 Å². The molecule has 1 aliphatic heterocycles. The summed E-state index contributed by atoms with van der Waals surface area (Å²) < 4.78 is 13.4. The Morgan fingerprint density at radius 1 is 1.11 bits per heavy atom. The molecule has 1 saturated heterocycles. The number of nitrogens with zero attached hydrogens (tertiary/aromatic N) is 4. The Hall–Kier alpha value is -1.83. The normalized spacial score (nSPS) is 19.7. The molecule has 0 bridgehead atoms. The minimum atomic E-state index is -1.00. The molecule has 0 amide bonds. The van der Waals surface area contributed by atoms with Gasteiger partial charge in [0.1, 0.15) is 0 Å². The Morgan fingerprint density at radius 2 is 1.75 bits per heavy atom. The van der Waals surface area contributed by atoms with Gasteiger partial charge in [-0.3, -0.25) is 13.9 Å². The largest absolute Gasteiger partial charge is 0.304 e. The van der Waals surface area contributed by atoms with E-state index in [9.17, 15) is 9.00 Å². The highest BCUT2D eigenvalue weighted by molar-refractivity contribution is 7.84. The quantitative estimate of drug-likeness (QED) is 0.769. The lowest BCUT2D eigenvalue weighted by atomic mass is 10.0. The Kier molecular flexibility index (Phi) is 5.49. The van der Waals surface area contributed by atoms with E-state index >= 15 is 0 Å². The van der Waals surface area contributed by atoms with Crippen LogP contribution >= 0.6 is 0 Å². The third-order valence-corrected chi connectivity index (χ3v) is 6.75. The first kappa shape index (κ1) is 19.5. The van der Waals surface area contributed by atoms with Crippen LogP contribution in [0.2, 0.25) is 0 Å². The molecule has 6 nitrogen and oxygen atoms in total. The van der Waals surface area contributed by atoms with Gasteiger partial charge in [0.05, 0.1) is 11.7 Å². The van der Waals surface area contributed by atoms with Crippen LogP contribution in [0, 0.1) is 6.92 Å². The van der Waals surface area contributed by atoms with E-state index in [1.54, 1.807) is 10.9 Å². The topological polar surface area (TPSA) is 58.4 Å². The van der Waals surface area contributed by atoms with E-state index in [0.29, 0.717) is 6.54 Å². The smallest absolute Gasteiger partial charge is 0.271 e. The summed E-state index contributed by atoms with van der Waals surface area (Å²) in [5.41, 5.74) is 3.73. The molecule has 0 N–H and O–H groups in total. The van der Waals surface area contributed by atoms with Crippen LogP contribution < -0.4 is 5.56 Å². The summed E-state index contributed by atoms with van der Waals surface area (Å²) in [5.74, 6) is 0. The molecule has 1 atom stereocenters. The lowest BCUT2D eigenvalue weighted by Gasteiger charge is -2.32. The SMILES string of the molecule is Cc1c(-c2ccc(S(C)=O)cc2)nn(C2CC2)c(=O)c1CN1CCN(C)CC1. The van der Waals surface area contributed by atoms with Crippen molar-refractivity contribution in [1.29, 1.82) is 0 Å². The van der Waals surface area contributed by atoms with Gasteiger partial charge in [-0.1, -0.05) is 12.1 Å². The van der Waals surface area contributed by atoms with Gasteiger partial charge in [-0.25, -0.2) is 4.68 Å². The molecule has 2 fully saturated rings. The van der Waals surface area contributed by atoms with Crippen LogP contribution in [0.1, 0.15) is 30.0 Å². The van der Waals surface area contributed by atoms with Crippen LogP contribution in [0.5, 0.6) is 0 Å². The van der Waals surface area contributed by atoms with Gasteiger partial charge < -0.3 is 4.90 Å². The molecule has 1 saturated carbocycles. The highest BCUT2D eigenvalue weighted by Gasteiger charge is 2.29. The lowest BCUT2D eigenvalue weighted by molar-refractivity contribution is 0.147. The van der Waals surface area contributed by atoms with Crippen LogP contribution in [0.25, 0.3) is 11.3 Å². The molecule has 1 aliphatic carbocycles. The van der Waals surface area contributed by atoms with Gasteiger partial charge in [0.15, 0.2) is 0 Å². The number of piperazine rings is 1. The minimum Gasteiger partial charge on any atom is -0.304 e. The number of hydrogen-bond donors (Lipinski definition) is 0. The van der Waals surface area contributed by atoms with E-state index < -0.39 is 10.8 Å². The summed E-state index contributed by atoms with van der Waals surface area (Å²) in [6, 6.07) is 7.94. The summed E-state index contributed by atoms with van der Waals surface area (Å²) in [6.45, 7) is 6.71. The van der Waals surface area contributed by atoms with Crippen molar-refractivity contribution in [2.75, 3.05) is 39.5 Å². The predicted octanol–water partition coefficient (Wildman–Crippen LogP) is 2.04. The van der Waals surface area contributed by atoms with Gasteiger partial charge in [-0.05, 0) is 44.5 Å². The molecule has 7 heteroatoms. The van der Waals surface area contributed by atoms with Gasteiger partial charge in [0.2, 0.25) is 0 Å². The zero-order valence-corrected chi connectivity index (χ0v) is 17.7. The first-order chi connectivity index (χ1) is 13.4. The summed E-state index contributed by atoms with van der Waals surface area (Å²) in [7, 11) is 1.14. The van der Waals surface area contributed by atoms with Crippen LogP contribution in [-0.4, -0.2) is 63.3 Å². The standard InChI is InChI=1S/C21H28N4O2S/c1-15-19(14-24-12-10-23(2)11-13-24)21(26)25(17-6-7-17)22-20(15)16-4-8-18(9-5-16)28(3)27/h4-5,8-9,17H,6-7,10-14H2,1-3H3. The van der Waals surface area contributed by atoms with Gasteiger partial charge >= 0.3 is 0 Å². The second kappa shape index (κ2) is 7.89. The van der Waals surface area contributed by atoms with E-state index in [1.165, 1.54) is 0 Å². The predicted molar refractivity (Wildman–Crippen MR) is 112 cm³/mol. The molecule has 1 aromatic carbocycles. The molecule has 1 unspecified atom stereocenters. The minimum absolute atomic E-state index is 0.0639. The summed E-state index contributed by atoms with van der Waals surface area (Å²) in [4.78, 5) is 18.7. The first-order valence-electron chi connectivity index (χ1n) is 9.91. The van der Waals surface area contributed by atoms with Crippen LogP contribution in [0.15, 0.2) is 34.0 Å². The molecule has 2 heterocycles. The molecule has 150 valence electrons. The Labute approximate surface area is 168 Å². The number of hydrogen-bond acceptors (Lipinski definition) is 5. The zero-order chi connectivity index (χ0) is 19.8. The van der Waals surface area contributed by atoms with Crippen molar-refractivity contribution >= 4 is 10.8 Å². The summed E-state index contributed by atoms with van der Waals surface area (Å²) >= 11 is 0. The van der Waals surface area contributed by atoms with E-state index in [4.69, 9.17) is 5.10 Å². The maximum atomic E-state index is 13.2. The number of aromatic nitrogens is 2. The maximum Gasteiger partial charge on any atom is 0.271 e. The van der Waals surface area contributed by atoms with E-state index in [0.717, 1.165) is 66.3 Å². The number of rotatable bonds is 5. The van der Waals surface area contributed by atoms with Crippen molar-refractivity contribution < 1.29 is 4.21 Å². The second-order valence-electron chi connectivity index (χ2n) is 7.99. The molecule has 2 aromatic rings. The van der Waals surface area contributed by atoms with E-state index in [2.05, 4.69) is 16.8 Å². The fourth-order valence-electron chi connectivity index (χ4n) is 3.73. The molecular weight excluding hydrogens is 372 g/mol. The molecule has 0 radical (unpaired) electrons. The summed E-state index contributed by atoms with van der Waals surface area (Å²) in [6.07, 6.45) is 3.73. The van der Waals surface area contributed by atoms with Crippen LogP contribution in [-0.2, 0) is 17.3 Å². The molecule has 0 spiro atoms. The highest BCUT2D eigenvalue weighted by atomic mass is 32.2. The van der Waals surface area contributed by atoms with E-state index in [1.807, 2.05) is 31.2 Å². The van der Waals surface area contributed by atoms with Crippen molar-refractivity contribution in [3.63, 3.8) is 0 Å². The maximum absolute atomic E-state index is 13.2. The molecule has 28 heavy (non-hydrogen) atoms. The molecule has 1 aromatic heterocycles. The number of likely N-dealkylation sites (N-methyl/N-ethyl adjacent to an activating group) is 1. The fraction of sp³-hybridized carbons (Fsp3) is 0.524. The molecule has 2 aliphatic rings. The average molecular weight is 401 g/mol. The van der Waals surface area contributed by atoms with Crippen LogP contribution in [0.4, 0.5) is 0 Å². The van der Waals surface area contributed by atoms with Gasteiger partial charge in [0.25, 0.3) is 5.56 Å². The molecular formula is C21H28N4O2S. The van der Waals surface area contributed by atoms with Crippen molar-refractivity contribution in [3.05, 3.63) is 45.7 Å². The van der Waals surface area contributed by atoms with Crippen molar-refractivity contribution in [1.82, 2.24) is 19.6 Å². The average Bonchev–Trinajstić information content (AvgIpc) is 3.52. The second-order valence-corrected chi connectivity index (χ2v) is 9.37. The fourth-order valence-corrected chi connectivity index (χ4v) is 4.25. The lowest BCUT2D eigenvalue weighted by Crippen LogP contribution is -2.45. The highest BCUT2D eigenvalue weighted by Crippen LogP contribution is 2.34. The zero-order valence-electron chi connectivity index (χ0n) is 16.9. The van der Waals surface area contributed by atoms with Crippen molar-refractivity contribution in [2.24, 2.45) is 0 Å². The van der Waals surface area contributed by atoms with Gasteiger partial charge in [0, 0.05) is 65.8 Å². The van der Waals surface area contributed by atoms with Gasteiger partial charge in [-0.2, -0.15) is 5.10 Å². The Morgan fingerprint density at radius 3 is 2.32 bits per heavy atom. The Bertz CT molecular complexity index is 942.